The molecule has 80 valence electrons. The summed E-state index contributed by atoms with van der Waals surface area (Å²) in [6, 6.07) is 9.92. The van der Waals surface area contributed by atoms with Crippen LogP contribution < -0.4 is 5.32 Å². The van der Waals surface area contributed by atoms with Crippen molar-refractivity contribution in [1.82, 2.24) is 0 Å². The summed E-state index contributed by atoms with van der Waals surface area (Å²) in [6.45, 7) is 2.74. The molecule has 1 rings (SSSR count). The van der Waals surface area contributed by atoms with E-state index in [1.165, 1.54) is 0 Å². The fraction of sp³-hybridized carbons (Fsp3) is 0.417. The molecule has 0 aliphatic carbocycles. The Hall–Kier alpha value is -1.53. The lowest BCUT2D eigenvalue weighted by molar-refractivity contribution is 0.184. The Balaban J connectivity index is 2.74. The quantitative estimate of drug-likeness (QED) is 0.801. The molecular weight excluding hydrogens is 188 g/mol. The van der Waals surface area contributed by atoms with Crippen molar-refractivity contribution in [3.63, 3.8) is 0 Å². The first-order chi connectivity index (χ1) is 7.31. The summed E-state index contributed by atoms with van der Waals surface area (Å²) >= 11 is 0. The van der Waals surface area contributed by atoms with Gasteiger partial charge >= 0.3 is 0 Å². The molecule has 0 saturated heterocycles. The van der Waals surface area contributed by atoms with Crippen molar-refractivity contribution >= 4 is 5.69 Å². The molecule has 0 bridgehead atoms. The van der Waals surface area contributed by atoms with Crippen LogP contribution in [-0.4, -0.2) is 19.8 Å². The second kappa shape index (κ2) is 6.05. The van der Waals surface area contributed by atoms with Crippen LogP contribution in [0.5, 0.6) is 0 Å². The zero-order valence-electron chi connectivity index (χ0n) is 9.16. The fourth-order valence-corrected chi connectivity index (χ4v) is 1.39. The first kappa shape index (κ1) is 11.5. The van der Waals surface area contributed by atoms with E-state index in [1.807, 2.05) is 24.3 Å². The average Bonchev–Trinajstić information content (AvgIpc) is 2.29. The summed E-state index contributed by atoms with van der Waals surface area (Å²) < 4.78 is 5.10. The first-order valence-electron chi connectivity index (χ1n) is 5.06. The van der Waals surface area contributed by atoms with Crippen molar-refractivity contribution in [2.45, 2.75) is 19.4 Å². The molecule has 0 spiro atoms. The maximum atomic E-state index is 8.91. The normalized spacial score (nSPS) is 11.8. The zero-order chi connectivity index (χ0) is 11.1. The number of nitrogens with one attached hydrogen (secondary N) is 1. The number of hydrogen-bond acceptors (Lipinski definition) is 3. The van der Waals surface area contributed by atoms with Gasteiger partial charge in [-0.1, -0.05) is 19.1 Å². The van der Waals surface area contributed by atoms with E-state index in [0.717, 1.165) is 12.1 Å². The van der Waals surface area contributed by atoms with Gasteiger partial charge in [0.2, 0.25) is 0 Å². The molecule has 0 radical (unpaired) electrons. The van der Waals surface area contributed by atoms with Gasteiger partial charge in [-0.05, 0) is 18.6 Å². The monoisotopic (exact) mass is 204 g/mol. The van der Waals surface area contributed by atoms with Crippen molar-refractivity contribution in [2.24, 2.45) is 0 Å². The summed E-state index contributed by atoms with van der Waals surface area (Å²) in [5.74, 6) is 0. The number of nitrogens with zero attached hydrogens (tertiary/aromatic N) is 1. The Labute approximate surface area is 90.7 Å². The van der Waals surface area contributed by atoms with Crippen LogP contribution in [0, 0.1) is 11.3 Å². The molecule has 1 aromatic carbocycles. The van der Waals surface area contributed by atoms with Crippen molar-refractivity contribution in [2.75, 3.05) is 19.0 Å². The molecule has 1 atom stereocenters. The molecule has 3 nitrogen and oxygen atoms in total. The number of rotatable bonds is 5. The van der Waals surface area contributed by atoms with E-state index in [-0.39, 0.29) is 6.04 Å². The summed E-state index contributed by atoms with van der Waals surface area (Å²) in [6.07, 6.45) is 0.966. The number of ether oxygens (including phenoxy) is 1. The van der Waals surface area contributed by atoms with E-state index in [1.54, 1.807) is 7.11 Å². The van der Waals surface area contributed by atoms with Gasteiger partial charge in [0.05, 0.1) is 17.9 Å². The van der Waals surface area contributed by atoms with Crippen LogP contribution in [0.4, 0.5) is 5.69 Å². The minimum Gasteiger partial charge on any atom is -0.383 e. The minimum absolute atomic E-state index is 0.254. The Bertz CT molecular complexity index is 344. The van der Waals surface area contributed by atoms with E-state index in [2.05, 4.69) is 18.3 Å². The number of hydrogen-bond donors (Lipinski definition) is 1. The predicted octanol–water partition coefficient (Wildman–Crippen LogP) is 2.40. The largest absolute Gasteiger partial charge is 0.383 e. The van der Waals surface area contributed by atoms with E-state index in [4.69, 9.17) is 10.00 Å². The van der Waals surface area contributed by atoms with Gasteiger partial charge in [0.1, 0.15) is 6.07 Å². The minimum atomic E-state index is 0.254. The number of methoxy groups -OCH3 is 1. The van der Waals surface area contributed by atoms with E-state index in [9.17, 15) is 0 Å². The fourth-order valence-electron chi connectivity index (χ4n) is 1.39. The molecular formula is C12H16N2O. The molecule has 1 N–H and O–H groups in total. The van der Waals surface area contributed by atoms with Crippen molar-refractivity contribution in [3.8, 4) is 6.07 Å². The second-order valence-corrected chi connectivity index (χ2v) is 3.36. The van der Waals surface area contributed by atoms with Gasteiger partial charge in [-0.3, -0.25) is 0 Å². The lowest BCUT2D eigenvalue weighted by atomic mass is 10.1. The van der Waals surface area contributed by atoms with Crippen LogP contribution in [-0.2, 0) is 4.74 Å². The SMILES string of the molecule is CCC(COC)Nc1ccccc1C#N. The molecule has 1 unspecified atom stereocenters. The maximum absolute atomic E-state index is 8.91. The number of benzene rings is 1. The third kappa shape index (κ3) is 3.26. The van der Waals surface area contributed by atoms with Gasteiger partial charge in [-0.25, -0.2) is 0 Å². The van der Waals surface area contributed by atoms with Crippen molar-refractivity contribution < 1.29 is 4.74 Å². The van der Waals surface area contributed by atoms with Crippen LogP contribution in [0.15, 0.2) is 24.3 Å². The highest BCUT2D eigenvalue weighted by Crippen LogP contribution is 2.15. The van der Waals surface area contributed by atoms with E-state index in [0.29, 0.717) is 12.2 Å². The molecule has 0 heterocycles. The summed E-state index contributed by atoms with van der Waals surface area (Å²) in [5, 5.41) is 12.2. The Morgan fingerprint density at radius 3 is 2.80 bits per heavy atom. The predicted molar refractivity (Wildman–Crippen MR) is 60.7 cm³/mol. The van der Waals surface area contributed by atoms with Crippen LogP contribution in [0.1, 0.15) is 18.9 Å². The molecule has 15 heavy (non-hydrogen) atoms. The van der Waals surface area contributed by atoms with E-state index < -0.39 is 0 Å². The molecule has 0 aliphatic rings. The van der Waals surface area contributed by atoms with Gasteiger partial charge < -0.3 is 10.1 Å². The molecule has 0 saturated carbocycles. The topological polar surface area (TPSA) is 45.0 Å². The van der Waals surface area contributed by atoms with Crippen LogP contribution >= 0.6 is 0 Å². The highest BCUT2D eigenvalue weighted by atomic mass is 16.5. The van der Waals surface area contributed by atoms with Crippen LogP contribution in [0.25, 0.3) is 0 Å². The lowest BCUT2D eigenvalue weighted by Crippen LogP contribution is -2.24. The summed E-state index contributed by atoms with van der Waals surface area (Å²) in [5.41, 5.74) is 1.55. The highest BCUT2D eigenvalue weighted by molar-refractivity contribution is 5.57. The first-order valence-corrected chi connectivity index (χ1v) is 5.06. The molecule has 0 aromatic heterocycles. The van der Waals surface area contributed by atoms with Crippen LogP contribution in [0.3, 0.4) is 0 Å². The third-order valence-corrected chi connectivity index (χ3v) is 2.27. The highest BCUT2D eigenvalue weighted by Gasteiger charge is 2.07. The van der Waals surface area contributed by atoms with Gasteiger partial charge in [-0.15, -0.1) is 0 Å². The Kier molecular flexibility index (Phi) is 4.65. The van der Waals surface area contributed by atoms with Crippen molar-refractivity contribution in [3.05, 3.63) is 29.8 Å². The van der Waals surface area contributed by atoms with Crippen LogP contribution in [0.2, 0.25) is 0 Å². The molecule has 0 aliphatic heterocycles. The van der Waals surface area contributed by atoms with Crippen molar-refractivity contribution in [1.29, 1.82) is 5.26 Å². The second-order valence-electron chi connectivity index (χ2n) is 3.36. The summed E-state index contributed by atoms with van der Waals surface area (Å²) in [4.78, 5) is 0. The molecule has 1 aromatic rings. The van der Waals surface area contributed by atoms with E-state index >= 15 is 0 Å². The number of anilines is 1. The van der Waals surface area contributed by atoms with Gasteiger partial charge in [0.25, 0.3) is 0 Å². The molecule has 0 amide bonds. The zero-order valence-corrected chi connectivity index (χ0v) is 9.16. The third-order valence-electron chi connectivity index (χ3n) is 2.27. The number of para-hydroxylation sites is 1. The summed E-state index contributed by atoms with van der Waals surface area (Å²) in [7, 11) is 1.68. The number of nitriles is 1. The Morgan fingerprint density at radius 1 is 1.47 bits per heavy atom. The lowest BCUT2D eigenvalue weighted by Gasteiger charge is -2.17. The van der Waals surface area contributed by atoms with Gasteiger partial charge in [0.15, 0.2) is 0 Å². The maximum Gasteiger partial charge on any atom is 0.101 e. The van der Waals surface area contributed by atoms with Gasteiger partial charge in [0, 0.05) is 13.2 Å². The Morgan fingerprint density at radius 2 is 2.20 bits per heavy atom. The molecule has 0 fully saturated rings. The standard InChI is InChI=1S/C12H16N2O/c1-3-11(9-15-2)14-12-7-5-4-6-10(12)8-13/h4-7,11,14H,3,9H2,1-2H3. The smallest absolute Gasteiger partial charge is 0.101 e. The average molecular weight is 204 g/mol. The molecule has 3 heteroatoms. The van der Waals surface area contributed by atoms with Gasteiger partial charge in [-0.2, -0.15) is 5.26 Å².